The Bertz CT molecular complexity index is 594. The van der Waals surface area contributed by atoms with Gasteiger partial charge in [-0.3, -0.25) is 4.79 Å². The van der Waals surface area contributed by atoms with Gasteiger partial charge in [-0.15, -0.1) is 0 Å². The van der Waals surface area contributed by atoms with Crippen molar-refractivity contribution in [2.45, 2.75) is 12.7 Å². The number of para-hydroxylation sites is 1. The first-order valence-corrected chi connectivity index (χ1v) is 6.05. The van der Waals surface area contributed by atoms with Crippen molar-refractivity contribution < 1.29 is 27.1 Å². The van der Waals surface area contributed by atoms with E-state index < -0.39 is 24.3 Å². The van der Waals surface area contributed by atoms with Crippen LogP contribution in [0.1, 0.15) is 11.3 Å². The van der Waals surface area contributed by atoms with Crippen LogP contribution in [0.3, 0.4) is 0 Å². The minimum absolute atomic E-state index is 0.149. The molecule has 0 fully saturated rings. The molecule has 2 rings (SSSR count). The Balaban J connectivity index is 1.89. The summed E-state index contributed by atoms with van der Waals surface area (Å²) in [7, 11) is 0. The van der Waals surface area contributed by atoms with Gasteiger partial charge in [0.1, 0.15) is 11.5 Å². The molecule has 0 saturated heterocycles. The summed E-state index contributed by atoms with van der Waals surface area (Å²) in [6.07, 6.45) is -3.07. The molecule has 0 bridgehead atoms. The van der Waals surface area contributed by atoms with E-state index in [4.69, 9.17) is 9.15 Å². The number of alkyl halides is 3. The van der Waals surface area contributed by atoms with Gasteiger partial charge in [0.25, 0.3) is 5.91 Å². The second-order valence-electron chi connectivity index (χ2n) is 4.14. The second kappa shape index (κ2) is 6.34. The van der Waals surface area contributed by atoms with E-state index in [9.17, 15) is 18.0 Å². The zero-order valence-electron chi connectivity index (χ0n) is 10.8. The maximum Gasteiger partial charge on any atom is 0.419 e. The summed E-state index contributed by atoms with van der Waals surface area (Å²) < 4.78 is 48.1. The molecule has 0 atom stereocenters. The molecule has 0 aliphatic carbocycles. The molecule has 1 heterocycles. The van der Waals surface area contributed by atoms with E-state index in [1.54, 1.807) is 12.1 Å². The standard InChI is InChI=1S/C14H12F3NO3/c15-14(16,17)11-5-1-2-6-12(11)21-9-13(19)18-8-10-4-3-7-20-10/h1-7H,8-9H2,(H,18,19). The molecule has 0 aliphatic rings. The number of hydrogen-bond donors (Lipinski definition) is 1. The normalized spacial score (nSPS) is 11.2. The molecule has 0 aliphatic heterocycles. The van der Waals surface area contributed by atoms with Gasteiger partial charge in [0.15, 0.2) is 6.61 Å². The monoisotopic (exact) mass is 299 g/mol. The Labute approximate surface area is 118 Å². The Morgan fingerprint density at radius 2 is 1.95 bits per heavy atom. The van der Waals surface area contributed by atoms with Crippen LogP contribution in [0.15, 0.2) is 47.1 Å². The number of amides is 1. The predicted molar refractivity (Wildman–Crippen MR) is 67.5 cm³/mol. The lowest BCUT2D eigenvalue weighted by Gasteiger charge is -2.13. The van der Waals surface area contributed by atoms with E-state index in [1.807, 2.05) is 0 Å². The van der Waals surface area contributed by atoms with E-state index in [1.165, 1.54) is 24.5 Å². The number of halogens is 3. The molecule has 1 amide bonds. The number of carbonyl (C=O) groups is 1. The lowest BCUT2D eigenvalue weighted by Crippen LogP contribution is -2.28. The summed E-state index contributed by atoms with van der Waals surface area (Å²) in [5.74, 6) is -0.374. The average Bonchev–Trinajstić information content (AvgIpc) is 2.95. The largest absolute Gasteiger partial charge is 0.483 e. The van der Waals surface area contributed by atoms with Crippen molar-refractivity contribution in [2.24, 2.45) is 0 Å². The van der Waals surface area contributed by atoms with Crippen LogP contribution in [-0.4, -0.2) is 12.5 Å². The molecular weight excluding hydrogens is 287 g/mol. The van der Waals surface area contributed by atoms with Gasteiger partial charge in [-0.2, -0.15) is 13.2 Å². The maximum absolute atomic E-state index is 12.7. The average molecular weight is 299 g/mol. The highest BCUT2D eigenvalue weighted by Crippen LogP contribution is 2.35. The number of hydrogen-bond acceptors (Lipinski definition) is 3. The zero-order chi connectivity index (χ0) is 15.3. The fourth-order valence-corrected chi connectivity index (χ4v) is 1.62. The zero-order valence-corrected chi connectivity index (χ0v) is 10.8. The minimum atomic E-state index is -4.53. The van der Waals surface area contributed by atoms with Crippen molar-refractivity contribution in [1.82, 2.24) is 5.32 Å². The molecule has 0 spiro atoms. The molecule has 1 N–H and O–H groups in total. The second-order valence-corrected chi connectivity index (χ2v) is 4.14. The molecule has 2 aromatic rings. The van der Waals surface area contributed by atoms with E-state index in [0.717, 1.165) is 6.07 Å². The molecule has 112 valence electrons. The third-order valence-corrected chi connectivity index (χ3v) is 2.59. The van der Waals surface area contributed by atoms with Crippen LogP contribution in [0.5, 0.6) is 5.75 Å². The molecule has 4 nitrogen and oxygen atoms in total. The molecule has 0 saturated carbocycles. The lowest BCUT2D eigenvalue weighted by atomic mass is 10.2. The molecule has 21 heavy (non-hydrogen) atoms. The molecular formula is C14H12F3NO3. The molecule has 0 unspecified atom stereocenters. The number of furan rings is 1. The summed E-state index contributed by atoms with van der Waals surface area (Å²) in [6.45, 7) is -0.357. The first-order valence-electron chi connectivity index (χ1n) is 6.05. The smallest absolute Gasteiger partial charge is 0.419 e. The van der Waals surface area contributed by atoms with E-state index >= 15 is 0 Å². The van der Waals surface area contributed by atoms with Gasteiger partial charge < -0.3 is 14.5 Å². The number of ether oxygens (including phenoxy) is 1. The molecule has 7 heteroatoms. The van der Waals surface area contributed by atoms with Crippen LogP contribution in [0.2, 0.25) is 0 Å². The topological polar surface area (TPSA) is 51.5 Å². The highest BCUT2D eigenvalue weighted by atomic mass is 19.4. The Hall–Kier alpha value is -2.44. The van der Waals surface area contributed by atoms with E-state index in [0.29, 0.717) is 5.76 Å². The van der Waals surface area contributed by atoms with Gasteiger partial charge in [-0.25, -0.2) is 0 Å². The number of benzene rings is 1. The Morgan fingerprint density at radius 3 is 2.62 bits per heavy atom. The van der Waals surface area contributed by atoms with Crippen molar-refractivity contribution in [3.63, 3.8) is 0 Å². The SMILES string of the molecule is O=C(COc1ccccc1C(F)(F)F)NCc1ccco1. The highest BCUT2D eigenvalue weighted by Gasteiger charge is 2.34. The molecule has 1 aromatic heterocycles. The van der Waals surface area contributed by atoms with Crippen molar-refractivity contribution >= 4 is 5.91 Å². The van der Waals surface area contributed by atoms with Crippen LogP contribution in [0.4, 0.5) is 13.2 Å². The van der Waals surface area contributed by atoms with Crippen LogP contribution < -0.4 is 10.1 Å². The first-order chi connectivity index (χ1) is 9.97. The van der Waals surface area contributed by atoms with Crippen LogP contribution >= 0.6 is 0 Å². The van der Waals surface area contributed by atoms with Crippen molar-refractivity contribution in [3.05, 3.63) is 54.0 Å². The third-order valence-electron chi connectivity index (χ3n) is 2.59. The molecule has 0 radical (unpaired) electrons. The molecule has 1 aromatic carbocycles. The summed E-state index contributed by atoms with van der Waals surface area (Å²) in [5, 5.41) is 2.47. The Morgan fingerprint density at radius 1 is 1.19 bits per heavy atom. The number of carbonyl (C=O) groups excluding carboxylic acids is 1. The quantitative estimate of drug-likeness (QED) is 0.923. The van der Waals surface area contributed by atoms with Crippen molar-refractivity contribution in [1.29, 1.82) is 0 Å². The third kappa shape index (κ3) is 4.27. The van der Waals surface area contributed by atoms with Gasteiger partial charge in [0.05, 0.1) is 18.4 Å². The summed E-state index contributed by atoms with van der Waals surface area (Å²) >= 11 is 0. The van der Waals surface area contributed by atoms with Gasteiger partial charge >= 0.3 is 6.18 Å². The maximum atomic E-state index is 12.7. The summed E-state index contributed by atoms with van der Waals surface area (Å²) in [5.41, 5.74) is -0.913. The predicted octanol–water partition coefficient (Wildman–Crippen LogP) is 2.99. The van der Waals surface area contributed by atoms with Crippen molar-refractivity contribution in [2.75, 3.05) is 6.61 Å². The summed E-state index contributed by atoms with van der Waals surface area (Å²) in [4.78, 5) is 11.5. The van der Waals surface area contributed by atoms with Crippen molar-refractivity contribution in [3.8, 4) is 5.75 Å². The fraction of sp³-hybridized carbons (Fsp3) is 0.214. The first kappa shape index (κ1) is 15.0. The number of nitrogens with one attached hydrogen (secondary N) is 1. The lowest BCUT2D eigenvalue weighted by molar-refractivity contribution is -0.139. The minimum Gasteiger partial charge on any atom is -0.483 e. The van der Waals surface area contributed by atoms with Crippen LogP contribution in [0.25, 0.3) is 0 Å². The summed E-state index contributed by atoms with van der Waals surface area (Å²) in [6, 6.07) is 8.06. The van der Waals surface area contributed by atoms with E-state index in [2.05, 4.69) is 5.32 Å². The van der Waals surface area contributed by atoms with Crippen LogP contribution in [0, 0.1) is 0 Å². The van der Waals surface area contributed by atoms with Gasteiger partial charge in [-0.05, 0) is 24.3 Å². The van der Waals surface area contributed by atoms with Crippen LogP contribution in [-0.2, 0) is 17.5 Å². The van der Waals surface area contributed by atoms with E-state index in [-0.39, 0.29) is 12.3 Å². The Kier molecular flexibility index (Phi) is 4.52. The van der Waals surface area contributed by atoms with Gasteiger partial charge in [0, 0.05) is 0 Å². The van der Waals surface area contributed by atoms with Gasteiger partial charge in [-0.1, -0.05) is 12.1 Å². The number of rotatable bonds is 5. The fourth-order valence-electron chi connectivity index (χ4n) is 1.62. The highest BCUT2D eigenvalue weighted by molar-refractivity contribution is 5.77. The van der Waals surface area contributed by atoms with Gasteiger partial charge in [0.2, 0.25) is 0 Å².